The zero-order valence-electron chi connectivity index (χ0n) is 13.2. The molecule has 0 unspecified atom stereocenters. The van der Waals surface area contributed by atoms with Gasteiger partial charge in [0.15, 0.2) is 17.1 Å². The predicted octanol–water partition coefficient (Wildman–Crippen LogP) is 1.19. The average molecular weight is 328 g/mol. The van der Waals surface area contributed by atoms with Crippen LogP contribution in [0.25, 0.3) is 16.4 Å². The van der Waals surface area contributed by atoms with Crippen LogP contribution in [0.15, 0.2) is 24.3 Å². The summed E-state index contributed by atoms with van der Waals surface area (Å²) in [7, 11) is 0. The van der Waals surface area contributed by atoms with Gasteiger partial charge in [0.2, 0.25) is 0 Å². The van der Waals surface area contributed by atoms with Crippen LogP contribution < -0.4 is 5.32 Å². The molecule has 24 heavy (non-hydrogen) atoms. The Hall–Kier alpha value is -3.16. The van der Waals surface area contributed by atoms with Crippen molar-refractivity contribution in [3.8, 4) is 5.75 Å². The summed E-state index contributed by atoms with van der Waals surface area (Å²) in [6, 6.07) is 7.05. The molecule has 0 aliphatic heterocycles. The van der Waals surface area contributed by atoms with E-state index in [1.807, 2.05) is 6.07 Å². The normalized spacial score (nSPS) is 10.9. The van der Waals surface area contributed by atoms with E-state index in [1.54, 1.807) is 32.0 Å². The Morgan fingerprint density at radius 1 is 1.29 bits per heavy atom. The van der Waals surface area contributed by atoms with Crippen molar-refractivity contribution in [2.75, 3.05) is 13.2 Å². The number of ether oxygens (including phenoxy) is 1. The highest BCUT2D eigenvalue weighted by Crippen LogP contribution is 2.31. The van der Waals surface area contributed by atoms with Gasteiger partial charge in [-0.2, -0.15) is 5.10 Å². The van der Waals surface area contributed by atoms with Crippen LogP contribution in [0, 0.1) is 6.92 Å². The summed E-state index contributed by atoms with van der Waals surface area (Å²) in [5.74, 6) is -0.951. The molecule has 1 amide bonds. The Kier molecular flexibility index (Phi) is 4.03. The molecule has 0 saturated heterocycles. The van der Waals surface area contributed by atoms with Crippen molar-refractivity contribution in [2.24, 2.45) is 0 Å². The smallest absolute Gasteiger partial charge is 0.325 e. The van der Waals surface area contributed by atoms with Crippen LogP contribution in [0.3, 0.4) is 0 Å². The second-order valence-corrected chi connectivity index (χ2v) is 5.12. The standard InChI is InChI=1S/C16H16N4O4/c1-3-24-12(21)8-17-16(23)13-14(22)10-6-4-5-7-11(10)15-18-9(2)19-20(13)15/h4-7,22H,3,8H2,1-2H3,(H,17,23). The molecule has 0 saturated carbocycles. The number of carbonyl (C=O) groups is 2. The lowest BCUT2D eigenvalue weighted by molar-refractivity contribution is -0.141. The van der Waals surface area contributed by atoms with E-state index >= 15 is 0 Å². The van der Waals surface area contributed by atoms with Gasteiger partial charge < -0.3 is 15.2 Å². The number of hydrogen-bond donors (Lipinski definition) is 2. The molecule has 2 heterocycles. The topological polar surface area (TPSA) is 106 Å². The molecule has 8 nitrogen and oxygen atoms in total. The van der Waals surface area contributed by atoms with Gasteiger partial charge >= 0.3 is 5.97 Å². The van der Waals surface area contributed by atoms with Gasteiger partial charge in [-0.05, 0) is 13.8 Å². The van der Waals surface area contributed by atoms with Crippen molar-refractivity contribution in [2.45, 2.75) is 13.8 Å². The van der Waals surface area contributed by atoms with Gasteiger partial charge in [-0.3, -0.25) is 9.59 Å². The van der Waals surface area contributed by atoms with Crippen molar-refractivity contribution < 1.29 is 19.4 Å². The molecule has 0 fully saturated rings. The second kappa shape index (κ2) is 6.15. The average Bonchev–Trinajstić information content (AvgIpc) is 2.95. The third kappa shape index (κ3) is 2.62. The maximum atomic E-state index is 12.5. The van der Waals surface area contributed by atoms with Crippen LogP contribution in [0.2, 0.25) is 0 Å². The monoisotopic (exact) mass is 328 g/mol. The fourth-order valence-corrected chi connectivity index (χ4v) is 2.51. The minimum absolute atomic E-state index is 0.0754. The number of rotatable bonds is 4. The zero-order valence-corrected chi connectivity index (χ0v) is 13.2. The van der Waals surface area contributed by atoms with Gasteiger partial charge in [0.1, 0.15) is 12.4 Å². The van der Waals surface area contributed by atoms with E-state index < -0.39 is 11.9 Å². The molecule has 2 aromatic heterocycles. The van der Waals surface area contributed by atoms with E-state index in [2.05, 4.69) is 15.4 Å². The van der Waals surface area contributed by atoms with E-state index in [1.165, 1.54) is 4.52 Å². The van der Waals surface area contributed by atoms with Gasteiger partial charge in [0, 0.05) is 10.8 Å². The number of amides is 1. The van der Waals surface area contributed by atoms with Crippen LogP contribution in [0.1, 0.15) is 23.2 Å². The number of aromatic hydroxyl groups is 1. The Bertz CT molecular complexity index is 948. The van der Waals surface area contributed by atoms with Gasteiger partial charge in [0.05, 0.1) is 6.61 Å². The quantitative estimate of drug-likeness (QED) is 0.697. The number of aryl methyl sites for hydroxylation is 1. The first-order valence-electron chi connectivity index (χ1n) is 7.43. The zero-order chi connectivity index (χ0) is 17.3. The van der Waals surface area contributed by atoms with Crippen LogP contribution >= 0.6 is 0 Å². The van der Waals surface area contributed by atoms with Crippen molar-refractivity contribution in [1.29, 1.82) is 0 Å². The lowest BCUT2D eigenvalue weighted by Crippen LogP contribution is -2.32. The van der Waals surface area contributed by atoms with Crippen LogP contribution in [0.4, 0.5) is 0 Å². The van der Waals surface area contributed by atoms with E-state index in [4.69, 9.17) is 4.74 Å². The first-order chi connectivity index (χ1) is 11.5. The Morgan fingerprint density at radius 2 is 2.00 bits per heavy atom. The lowest BCUT2D eigenvalue weighted by atomic mass is 10.1. The van der Waals surface area contributed by atoms with E-state index in [-0.39, 0.29) is 24.6 Å². The van der Waals surface area contributed by atoms with Gasteiger partial charge in [-0.15, -0.1) is 0 Å². The fraction of sp³-hybridized carbons (Fsp3) is 0.250. The third-order valence-corrected chi connectivity index (χ3v) is 3.49. The summed E-state index contributed by atoms with van der Waals surface area (Å²) in [5.41, 5.74) is 0.385. The van der Waals surface area contributed by atoms with Gasteiger partial charge in [-0.1, -0.05) is 24.3 Å². The number of nitrogens with zero attached hydrogens (tertiary/aromatic N) is 3. The predicted molar refractivity (Wildman–Crippen MR) is 85.9 cm³/mol. The summed E-state index contributed by atoms with van der Waals surface area (Å²) in [4.78, 5) is 28.2. The Labute approximate surface area is 137 Å². The number of carbonyl (C=O) groups excluding carboxylic acids is 2. The molecule has 0 aliphatic rings. The van der Waals surface area contributed by atoms with Crippen LogP contribution in [-0.2, 0) is 9.53 Å². The molecule has 124 valence electrons. The lowest BCUT2D eigenvalue weighted by Gasteiger charge is -2.11. The summed E-state index contributed by atoms with van der Waals surface area (Å²) in [6.45, 7) is 3.30. The number of aromatic nitrogens is 3. The summed E-state index contributed by atoms with van der Waals surface area (Å²) < 4.78 is 6.05. The highest BCUT2D eigenvalue weighted by molar-refractivity contribution is 6.06. The summed E-state index contributed by atoms with van der Waals surface area (Å²) >= 11 is 0. The number of benzene rings is 1. The van der Waals surface area contributed by atoms with Crippen LogP contribution in [-0.4, -0.2) is 44.7 Å². The fourth-order valence-electron chi connectivity index (χ4n) is 2.51. The highest BCUT2D eigenvalue weighted by Gasteiger charge is 2.22. The van der Waals surface area contributed by atoms with Crippen molar-refractivity contribution in [1.82, 2.24) is 19.9 Å². The van der Waals surface area contributed by atoms with Crippen molar-refractivity contribution >= 4 is 28.3 Å². The van der Waals surface area contributed by atoms with Crippen LogP contribution in [0.5, 0.6) is 5.75 Å². The minimum Gasteiger partial charge on any atom is -0.505 e. The molecule has 2 N–H and O–H groups in total. The number of fused-ring (bicyclic) bond motifs is 3. The second-order valence-electron chi connectivity index (χ2n) is 5.12. The molecule has 3 rings (SSSR count). The molecular formula is C16H16N4O4. The van der Waals surface area contributed by atoms with E-state index in [0.29, 0.717) is 22.2 Å². The van der Waals surface area contributed by atoms with Gasteiger partial charge in [0.25, 0.3) is 5.91 Å². The molecule has 0 spiro atoms. The number of esters is 1. The maximum absolute atomic E-state index is 12.5. The molecule has 0 aliphatic carbocycles. The molecule has 8 heteroatoms. The number of hydrogen-bond acceptors (Lipinski definition) is 6. The van der Waals surface area contributed by atoms with E-state index in [0.717, 1.165) is 0 Å². The minimum atomic E-state index is -0.638. The van der Waals surface area contributed by atoms with Crippen molar-refractivity contribution in [3.05, 3.63) is 35.8 Å². The molecule has 0 bridgehead atoms. The first kappa shape index (κ1) is 15.7. The third-order valence-electron chi connectivity index (χ3n) is 3.49. The van der Waals surface area contributed by atoms with E-state index in [9.17, 15) is 14.7 Å². The molecule has 1 aromatic carbocycles. The highest BCUT2D eigenvalue weighted by atomic mass is 16.5. The molecule has 0 radical (unpaired) electrons. The Balaban J connectivity index is 2.10. The SMILES string of the molecule is CCOC(=O)CNC(=O)c1c(O)c2ccccc2c2nc(C)nn12. The molecule has 0 atom stereocenters. The van der Waals surface area contributed by atoms with Crippen molar-refractivity contribution in [3.63, 3.8) is 0 Å². The largest absolute Gasteiger partial charge is 0.505 e. The molecule has 3 aromatic rings. The number of nitrogens with one attached hydrogen (secondary N) is 1. The first-order valence-corrected chi connectivity index (χ1v) is 7.43. The van der Waals surface area contributed by atoms with Gasteiger partial charge in [-0.25, -0.2) is 9.50 Å². The summed E-state index contributed by atoms with van der Waals surface area (Å²) in [6.07, 6.45) is 0. The Morgan fingerprint density at radius 3 is 2.71 bits per heavy atom. The number of pyridine rings is 1. The molecular weight excluding hydrogens is 312 g/mol. The maximum Gasteiger partial charge on any atom is 0.325 e. The summed E-state index contributed by atoms with van der Waals surface area (Å²) in [5, 5.41) is 18.3.